The first-order valence-electron chi connectivity index (χ1n) is 7.24. The molecule has 0 aliphatic carbocycles. The molecule has 3 aromatic rings. The number of nitrogens with zero attached hydrogens (tertiary/aromatic N) is 4. The zero-order chi connectivity index (χ0) is 16.2. The number of hydrogen-bond donors (Lipinski definition) is 1. The van der Waals surface area contributed by atoms with Gasteiger partial charge in [0.1, 0.15) is 17.2 Å². The van der Waals surface area contributed by atoms with Crippen LogP contribution >= 0.6 is 0 Å². The summed E-state index contributed by atoms with van der Waals surface area (Å²) >= 11 is 0. The number of hydrogen-bond acceptors (Lipinski definition) is 4. The third kappa shape index (κ3) is 2.71. The van der Waals surface area contributed by atoms with Crippen LogP contribution in [0, 0.1) is 16.7 Å². The molecule has 5 heteroatoms. The van der Waals surface area contributed by atoms with Gasteiger partial charge in [-0.2, -0.15) is 5.26 Å². The molecule has 0 fully saturated rings. The van der Waals surface area contributed by atoms with Crippen LogP contribution in [-0.2, 0) is 6.42 Å². The van der Waals surface area contributed by atoms with Crippen LogP contribution < -0.4 is 4.57 Å². The Bertz CT molecular complexity index is 978. The lowest BCUT2D eigenvalue weighted by Gasteiger charge is -2.04. The standard InChI is InChI=1S/C18H14N5/c1-2-13-6-5-9-23(12-13)18-17(14(10-19)11-20)21-15-7-3-4-8-16(15)22-18/h3-9,12,19H,2H2,1H3/q+1. The van der Waals surface area contributed by atoms with Crippen molar-refractivity contribution in [2.24, 2.45) is 0 Å². The van der Waals surface area contributed by atoms with Crippen LogP contribution in [0.1, 0.15) is 18.2 Å². The largest absolute Gasteiger partial charge is 0.356 e. The first kappa shape index (κ1) is 14.6. The van der Waals surface area contributed by atoms with Gasteiger partial charge in [-0.3, -0.25) is 5.41 Å². The van der Waals surface area contributed by atoms with E-state index >= 15 is 0 Å². The third-order valence-electron chi connectivity index (χ3n) is 3.54. The molecule has 0 atom stereocenters. The summed E-state index contributed by atoms with van der Waals surface area (Å²) in [6.45, 7) is 2.07. The smallest absolute Gasteiger partial charge is 0.257 e. The van der Waals surface area contributed by atoms with E-state index in [1.165, 1.54) is 0 Å². The van der Waals surface area contributed by atoms with E-state index in [1.54, 1.807) is 0 Å². The third-order valence-corrected chi connectivity index (χ3v) is 3.54. The van der Waals surface area contributed by atoms with Gasteiger partial charge in [-0.15, -0.1) is 0 Å². The number of benzene rings is 1. The van der Waals surface area contributed by atoms with Crippen LogP contribution in [0.5, 0.6) is 0 Å². The maximum Gasteiger partial charge on any atom is 0.356 e. The number of pyridine rings is 1. The minimum atomic E-state index is 0.0626. The second kappa shape index (κ2) is 6.18. The van der Waals surface area contributed by atoms with Crippen LogP contribution in [0.25, 0.3) is 22.4 Å². The average Bonchev–Trinajstić information content (AvgIpc) is 2.62. The molecular formula is C18H14N5+. The zero-order valence-electron chi connectivity index (χ0n) is 12.6. The molecule has 0 saturated carbocycles. The summed E-state index contributed by atoms with van der Waals surface area (Å²) in [4.78, 5) is 9.17. The monoisotopic (exact) mass is 300 g/mol. The van der Waals surface area contributed by atoms with Crippen molar-refractivity contribution < 1.29 is 4.57 Å². The molecule has 1 aromatic carbocycles. The van der Waals surface area contributed by atoms with E-state index in [0.717, 1.165) is 17.5 Å². The summed E-state index contributed by atoms with van der Waals surface area (Å²) in [7, 11) is 0. The summed E-state index contributed by atoms with van der Waals surface area (Å²) < 4.78 is 1.84. The molecule has 0 amide bonds. The quantitative estimate of drug-likeness (QED) is 0.459. The molecule has 0 radical (unpaired) electrons. The fraction of sp³-hybridized carbons (Fsp3) is 0.111. The van der Waals surface area contributed by atoms with Gasteiger partial charge in [-0.1, -0.05) is 25.1 Å². The number of nitriles is 1. The molecule has 0 aliphatic heterocycles. The molecule has 110 valence electrons. The van der Waals surface area contributed by atoms with Crippen LogP contribution in [0.2, 0.25) is 0 Å². The second-order valence-corrected chi connectivity index (χ2v) is 4.97. The van der Waals surface area contributed by atoms with E-state index in [4.69, 9.17) is 5.41 Å². The summed E-state index contributed by atoms with van der Waals surface area (Å²) in [6.07, 6.45) is 4.71. The Labute approximate surface area is 133 Å². The molecule has 3 rings (SSSR count). The summed E-state index contributed by atoms with van der Waals surface area (Å²) in [6, 6.07) is 13.4. The van der Waals surface area contributed by atoms with E-state index in [0.29, 0.717) is 17.0 Å². The Hall–Kier alpha value is -3.35. The SMILES string of the molecule is CCc1ccc[n+](-c2nc3ccccc3nc2C(=C=N)C#N)c1. The zero-order valence-corrected chi connectivity index (χ0v) is 12.6. The average molecular weight is 300 g/mol. The van der Waals surface area contributed by atoms with Crippen molar-refractivity contribution in [3.8, 4) is 11.9 Å². The number of fused-ring (bicyclic) bond motifs is 1. The number of allylic oxidation sites excluding steroid dienone is 1. The summed E-state index contributed by atoms with van der Waals surface area (Å²) in [5, 5.41) is 16.6. The molecule has 2 heterocycles. The number of nitrogens with one attached hydrogen (secondary N) is 1. The van der Waals surface area contributed by atoms with Crippen molar-refractivity contribution in [3.05, 3.63) is 60.0 Å². The number of rotatable bonds is 3. The first-order valence-corrected chi connectivity index (χ1v) is 7.24. The fourth-order valence-corrected chi connectivity index (χ4v) is 2.34. The Kier molecular flexibility index (Phi) is 3.92. The molecule has 0 saturated heterocycles. The van der Waals surface area contributed by atoms with Gasteiger partial charge in [0.15, 0.2) is 5.69 Å². The van der Waals surface area contributed by atoms with Gasteiger partial charge < -0.3 is 0 Å². The Morgan fingerprint density at radius 1 is 1.17 bits per heavy atom. The van der Waals surface area contributed by atoms with E-state index in [-0.39, 0.29) is 5.57 Å². The molecule has 23 heavy (non-hydrogen) atoms. The first-order chi connectivity index (χ1) is 11.3. The van der Waals surface area contributed by atoms with Crippen LogP contribution in [0.4, 0.5) is 0 Å². The van der Waals surface area contributed by atoms with Crippen molar-refractivity contribution in [1.82, 2.24) is 9.97 Å². The van der Waals surface area contributed by atoms with Gasteiger partial charge in [-0.25, -0.2) is 9.55 Å². The minimum absolute atomic E-state index is 0.0626. The molecule has 0 aliphatic rings. The van der Waals surface area contributed by atoms with Gasteiger partial charge in [0.2, 0.25) is 5.52 Å². The maximum atomic E-state index is 9.28. The van der Waals surface area contributed by atoms with Crippen molar-refractivity contribution in [3.63, 3.8) is 0 Å². The highest BCUT2D eigenvalue weighted by Crippen LogP contribution is 2.18. The molecule has 5 nitrogen and oxygen atoms in total. The molecule has 0 bridgehead atoms. The lowest BCUT2D eigenvalue weighted by atomic mass is 10.2. The van der Waals surface area contributed by atoms with E-state index < -0.39 is 0 Å². The Morgan fingerprint density at radius 3 is 2.57 bits per heavy atom. The number of aromatic nitrogens is 3. The summed E-state index contributed by atoms with van der Waals surface area (Å²) in [5.74, 6) is 2.68. The predicted octanol–water partition coefficient (Wildman–Crippen LogP) is 2.62. The fourth-order valence-electron chi connectivity index (χ4n) is 2.34. The van der Waals surface area contributed by atoms with Gasteiger partial charge in [0, 0.05) is 0 Å². The van der Waals surface area contributed by atoms with Crippen molar-refractivity contribution in [2.45, 2.75) is 13.3 Å². The second-order valence-electron chi connectivity index (χ2n) is 4.97. The summed E-state index contributed by atoms with van der Waals surface area (Å²) in [5.41, 5.74) is 2.99. The van der Waals surface area contributed by atoms with Crippen LogP contribution in [-0.4, -0.2) is 15.8 Å². The highest BCUT2D eigenvalue weighted by molar-refractivity contribution is 5.97. The van der Waals surface area contributed by atoms with Crippen LogP contribution in [0.3, 0.4) is 0 Å². The molecule has 1 N–H and O–H groups in total. The van der Waals surface area contributed by atoms with Crippen LogP contribution in [0.15, 0.2) is 48.8 Å². The number of para-hydroxylation sites is 2. The van der Waals surface area contributed by atoms with Gasteiger partial charge in [0.05, 0.1) is 12.4 Å². The molecule has 2 aromatic heterocycles. The number of aryl methyl sites for hydroxylation is 1. The van der Waals surface area contributed by atoms with Crippen molar-refractivity contribution in [1.29, 1.82) is 10.7 Å². The van der Waals surface area contributed by atoms with Crippen molar-refractivity contribution in [2.75, 3.05) is 0 Å². The van der Waals surface area contributed by atoms with Gasteiger partial charge >= 0.3 is 5.82 Å². The topological polar surface area (TPSA) is 77.3 Å². The lowest BCUT2D eigenvalue weighted by molar-refractivity contribution is -0.600. The Balaban J connectivity index is 2.35. The lowest BCUT2D eigenvalue weighted by Crippen LogP contribution is -2.33. The Morgan fingerprint density at radius 2 is 1.91 bits per heavy atom. The molecular weight excluding hydrogens is 286 g/mol. The van der Waals surface area contributed by atoms with Crippen molar-refractivity contribution >= 4 is 22.5 Å². The van der Waals surface area contributed by atoms with E-state index in [1.807, 2.05) is 59.4 Å². The van der Waals surface area contributed by atoms with Gasteiger partial charge in [0.25, 0.3) is 0 Å². The molecule has 0 unspecified atom stereocenters. The highest BCUT2D eigenvalue weighted by atomic mass is 15.1. The maximum absolute atomic E-state index is 9.28. The normalized spacial score (nSPS) is 10.1. The minimum Gasteiger partial charge on any atom is -0.257 e. The predicted molar refractivity (Wildman–Crippen MR) is 87.2 cm³/mol. The molecule has 0 spiro atoms. The highest BCUT2D eigenvalue weighted by Gasteiger charge is 2.22. The van der Waals surface area contributed by atoms with E-state index in [9.17, 15) is 5.26 Å². The van der Waals surface area contributed by atoms with E-state index in [2.05, 4.69) is 22.8 Å². The van der Waals surface area contributed by atoms with Gasteiger partial charge in [-0.05, 0) is 41.0 Å².